The molecule has 6 heteroatoms. The quantitative estimate of drug-likeness (QED) is 0.940. The Hall–Kier alpha value is -1.43. The van der Waals surface area contributed by atoms with E-state index in [9.17, 15) is 0 Å². The molecule has 21 heavy (non-hydrogen) atoms. The molecule has 112 valence electrons. The molecule has 0 amide bonds. The van der Waals surface area contributed by atoms with E-state index in [1.54, 1.807) is 0 Å². The second-order valence-electron chi connectivity index (χ2n) is 5.46. The average Bonchev–Trinajstić information content (AvgIpc) is 2.97. The third kappa shape index (κ3) is 3.61. The zero-order chi connectivity index (χ0) is 14.7. The lowest BCUT2D eigenvalue weighted by Crippen LogP contribution is -2.35. The number of benzene rings is 1. The van der Waals surface area contributed by atoms with Crippen LogP contribution in [0, 0.1) is 5.92 Å². The highest BCUT2D eigenvalue weighted by molar-refractivity contribution is 6.30. The lowest BCUT2D eigenvalue weighted by atomic mass is 9.97. The van der Waals surface area contributed by atoms with E-state index in [0.717, 1.165) is 38.0 Å². The van der Waals surface area contributed by atoms with Crippen molar-refractivity contribution in [2.75, 3.05) is 19.6 Å². The Kier molecular flexibility index (Phi) is 4.53. The van der Waals surface area contributed by atoms with Crippen molar-refractivity contribution in [1.29, 1.82) is 0 Å². The van der Waals surface area contributed by atoms with Crippen molar-refractivity contribution < 1.29 is 4.42 Å². The maximum atomic E-state index is 5.87. The highest BCUT2D eigenvalue weighted by Crippen LogP contribution is 2.22. The summed E-state index contributed by atoms with van der Waals surface area (Å²) in [6, 6.07) is 7.40. The van der Waals surface area contributed by atoms with Gasteiger partial charge in [-0.25, -0.2) is 0 Å². The number of rotatable bonds is 4. The van der Waals surface area contributed by atoms with E-state index in [1.807, 2.05) is 24.3 Å². The molecule has 3 rings (SSSR count). The van der Waals surface area contributed by atoms with Gasteiger partial charge in [-0.2, -0.15) is 0 Å². The topological polar surface area (TPSA) is 68.2 Å². The first-order valence-electron chi connectivity index (χ1n) is 7.25. The number of piperidine rings is 1. The summed E-state index contributed by atoms with van der Waals surface area (Å²) < 4.78 is 5.73. The molecule has 0 aliphatic carbocycles. The summed E-state index contributed by atoms with van der Waals surface area (Å²) in [6.07, 6.45) is 2.29. The number of likely N-dealkylation sites (tertiary alicyclic amines) is 1. The van der Waals surface area contributed by atoms with Crippen LogP contribution in [0.2, 0.25) is 5.02 Å². The summed E-state index contributed by atoms with van der Waals surface area (Å²) in [7, 11) is 0. The van der Waals surface area contributed by atoms with Crippen molar-refractivity contribution in [2.45, 2.75) is 19.4 Å². The van der Waals surface area contributed by atoms with Crippen molar-refractivity contribution in [1.82, 2.24) is 15.1 Å². The molecular formula is C15H19ClN4O. The molecule has 0 atom stereocenters. The van der Waals surface area contributed by atoms with Gasteiger partial charge < -0.3 is 10.2 Å². The summed E-state index contributed by atoms with van der Waals surface area (Å²) >= 11 is 5.87. The van der Waals surface area contributed by atoms with Crippen LogP contribution in [0.4, 0.5) is 0 Å². The van der Waals surface area contributed by atoms with Gasteiger partial charge in [0, 0.05) is 10.6 Å². The van der Waals surface area contributed by atoms with Crippen molar-refractivity contribution in [2.24, 2.45) is 11.7 Å². The van der Waals surface area contributed by atoms with E-state index in [-0.39, 0.29) is 0 Å². The van der Waals surface area contributed by atoms with Gasteiger partial charge in [-0.1, -0.05) is 11.6 Å². The lowest BCUT2D eigenvalue weighted by molar-refractivity contribution is 0.167. The van der Waals surface area contributed by atoms with Gasteiger partial charge in [0.15, 0.2) is 0 Å². The Bertz CT molecular complexity index is 576. The third-order valence-electron chi connectivity index (χ3n) is 3.96. The zero-order valence-corrected chi connectivity index (χ0v) is 12.6. The number of hydrogen-bond donors (Lipinski definition) is 1. The minimum absolute atomic E-state index is 0.540. The number of hydrogen-bond acceptors (Lipinski definition) is 5. The predicted octanol–water partition coefficient (Wildman–Crippen LogP) is 2.56. The molecule has 1 aliphatic heterocycles. The molecule has 0 spiro atoms. The molecule has 1 fully saturated rings. The minimum atomic E-state index is 0.540. The first-order valence-corrected chi connectivity index (χ1v) is 7.63. The van der Waals surface area contributed by atoms with Crippen molar-refractivity contribution in [3.8, 4) is 11.5 Å². The fourth-order valence-electron chi connectivity index (χ4n) is 2.60. The van der Waals surface area contributed by atoms with Crippen LogP contribution in [0.3, 0.4) is 0 Å². The third-order valence-corrected chi connectivity index (χ3v) is 4.21. The van der Waals surface area contributed by atoms with Gasteiger partial charge in [-0.15, -0.1) is 10.2 Å². The molecule has 2 N–H and O–H groups in total. The van der Waals surface area contributed by atoms with Gasteiger partial charge in [-0.3, -0.25) is 4.90 Å². The van der Waals surface area contributed by atoms with Crippen LogP contribution in [0.1, 0.15) is 18.7 Å². The minimum Gasteiger partial charge on any atom is -0.419 e. The van der Waals surface area contributed by atoms with Crippen molar-refractivity contribution in [3.05, 3.63) is 35.2 Å². The van der Waals surface area contributed by atoms with Gasteiger partial charge in [-0.05, 0) is 62.7 Å². The summed E-state index contributed by atoms with van der Waals surface area (Å²) in [4.78, 5) is 2.34. The largest absolute Gasteiger partial charge is 0.419 e. The van der Waals surface area contributed by atoms with E-state index in [0.29, 0.717) is 29.3 Å². The van der Waals surface area contributed by atoms with E-state index >= 15 is 0 Å². The fraction of sp³-hybridized carbons (Fsp3) is 0.467. The van der Waals surface area contributed by atoms with Gasteiger partial charge in [0.1, 0.15) is 0 Å². The number of halogens is 1. The summed E-state index contributed by atoms with van der Waals surface area (Å²) in [5.74, 6) is 1.86. The van der Waals surface area contributed by atoms with Crippen LogP contribution in [-0.2, 0) is 6.54 Å². The van der Waals surface area contributed by atoms with Gasteiger partial charge in [0.2, 0.25) is 11.8 Å². The first-order chi connectivity index (χ1) is 10.2. The molecule has 1 aromatic heterocycles. The Morgan fingerprint density at radius 2 is 1.90 bits per heavy atom. The SMILES string of the molecule is NCC1CCN(Cc2nnc(-c3ccc(Cl)cc3)o2)CC1. The van der Waals surface area contributed by atoms with Crippen LogP contribution in [0.15, 0.2) is 28.7 Å². The van der Waals surface area contributed by atoms with E-state index in [4.69, 9.17) is 21.8 Å². The molecule has 0 bridgehead atoms. The van der Waals surface area contributed by atoms with Crippen LogP contribution in [0.5, 0.6) is 0 Å². The van der Waals surface area contributed by atoms with Gasteiger partial charge in [0.05, 0.1) is 6.54 Å². The Balaban J connectivity index is 1.62. The van der Waals surface area contributed by atoms with Gasteiger partial charge in [0.25, 0.3) is 0 Å². The van der Waals surface area contributed by atoms with Crippen molar-refractivity contribution in [3.63, 3.8) is 0 Å². The molecule has 1 aliphatic rings. The molecule has 0 saturated carbocycles. The number of aromatic nitrogens is 2. The molecular weight excluding hydrogens is 288 g/mol. The summed E-state index contributed by atoms with van der Waals surface area (Å²) in [5.41, 5.74) is 6.60. The van der Waals surface area contributed by atoms with E-state index in [1.165, 1.54) is 0 Å². The number of nitrogens with zero attached hydrogens (tertiary/aromatic N) is 3. The molecule has 5 nitrogen and oxygen atoms in total. The molecule has 0 radical (unpaired) electrons. The second-order valence-corrected chi connectivity index (χ2v) is 5.90. The molecule has 2 heterocycles. The first kappa shape index (κ1) is 14.5. The summed E-state index contributed by atoms with van der Waals surface area (Å²) in [6.45, 7) is 3.58. The molecule has 1 saturated heterocycles. The van der Waals surface area contributed by atoms with Gasteiger partial charge >= 0.3 is 0 Å². The molecule has 0 unspecified atom stereocenters. The highest BCUT2D eigenvalue weighted by Gasteiger charge is 2.20. The maximum Gasteiger partial charge on any atom is 0.247 e. The Morgan fingerprint density at radius 1 is 1.19 bits per heavy atom. The monoisotopic (exact) mass is 306 g/mol. The average molecular weight is 307 g/mol. The van der Waals surface area contributed by atoms with E-state index in [2.05, 4.69) is 15.1 Å². The van der Waals surface area contributed by atoms with Crippen LogP contribution in [0.25, 0.3) is 11.5 Å². The van der Waals surface area contributed by atoms with Crippen LogP contribution < -0.4 is 5.73 Å². The predicted molar refractivity (Wildman–Crippen MR) is 81.8 cm³/mol. The highest BCUT2D eigenvalue weighted by atomic mass is 35.5. The van der Waals surface area contributed by atoms with Crippen molar-refractivity contribution >= 4 is 11.6 Å². The zero-order valence-electron chi connectivity index (χ0n) is 11.8. The van der Waals surface area contributed by atoms with Crippen LogP contribution >= 0.6 is 11.6 Å². The summed E-state index contributed by atoms with van der Waals surface area (Å²) in [5, 5.41) is 8.93. The smallest absolute Gasteiger partial charge is 0.247 e. The number of nitrogens with two attached hydrogens (primary N) is 1. The normalized spacial score (nSPS) is 17.2. The second kappa shape index (κ2) is 6.56. The standard InChI is InChI=1S/C15H19ClN4O/c16-13-3-1-12(2-4-13)15-19-18-14(21-15)10-20-7-5-11(9-17)6-8-20/h1-4,11H,5-10,17H2. The fourth-order valence-corrected chi connectivity index (χ4v) is 2.72. The Morgan fingerprint density at radius 3 is 2.57 bits per heavy atom. The van der Waals surface area contributed by atoms with E-state index < -0.39 is 0 Å². The van der Waals surface area contributed by atoms with Crippen LogP contribution in [-0.4, -0.2) is 34.7 Å². The lowest BCUT2D eigenvalue weighted by Gasteiger charge is -2.30. The molecule has 2 aromatic rings. The maximum absolute atomic E-state index is 5.87. The molecule has 1 aromatic carbocycles. The Labute approximate surface area is 129 Å².